The molecule has 6 nitrogen and oxygen atoms in total. The van der Waals surface area contributed by atoms with E-state index in [1.807, 2.05) is 25.1 Å². The van der Waals surface area contributed by atoms with Crippen LogP contribution < -0.4 is 10.6 Å². The molecule has 1 amide bonds. The third kappa shape index (κ3) is 6.43. The first-order chi connectivity index (χ1) is 10.6. The number of carbonyl (C=O) groups is 1. The van der Waals surface area contributed by atoms with Gasteiger partial charge in [0.2, 0.25) is 0 Å². The largest absolute Gasteiger partial charge is 0.394 e. The van der Waals surface area contributed by atoms with Crippen LogP contribution in [0.5, 0.6) is 0 Å². The van der Waals surface area contributed by atoms with Crippen molar-refractivity contribution in [3.63, 3.8) is 0 Å². The molecule has 0 bridgehead atoms. The number of anilines is 1. The highest BCUT2D eigenvalue weighted by atomic mass is 127. The van der Waals surface area contributed by atoms with E-state index in [0.717, 1.165) is 9.13 Å². The minimum Gasteiger partial charge on any atom is -0.394 e. The summed E-state index contributed by atoms with van der Waals surface area (Å²) in [7, 11) is 0. The summed E-state index contributed by atoms with van der Waals surface area (Å²) in [6.45, 7) is 2.96. The Bertz CT molecular complexity index is 582. The predicted octanol–water partition coefficient (Wildman–Crippen LogP) is 1.54. The van der Waals surface area contributed by atoms with Crippen LogP contribution in [0.2, 0.25) is 0 Å². The summed E-state index contributed by atoms with van der Waals surface area (Å²) in [6.07, 6.45) is 1.36. The van der Waals surface area contributed by atoms with E-state index < -0.39 is 5.91 Å². The van der Waals surface area contributed by atoms with Crippen LogP contribution in [0, 0.1) is 21.8 Å². The minimum absolute atomic E-state index is 0.0138. The summed E-state index contributed by atoms with van der Waals surface area (Å²) >= 11 is 2.19. The number of nitrogens with zero attached hydrogens (tertiary/aromatic N) is 1. The second kappa shape index (κ2) is 10.2. The first-order valence-electron chi connectivity index (χ1n) is 6.68. The quantitative estimate of drug-likeness (QED) is 0.259. The number of hydrogen-bond donors (Lipinski definition) is 3. The van der Waals surface area contributed by atoms with Gasteiger partial charge in [0.25, 0.3) is 5.91 Å². The number of ether oxygens (including phenoxy) is 1. The van der Waals surface area contributed by atoms with Crippen molar-refractivity contribution in [3.05, 3.63) is 39.1 Å². The average molecular weight is 415 g/mol. The number of nitrogens with one attached hydrogen (secondary N) is 2. The van der Waals surface area contributed by atoms with Gasteiger partial charge in [-0.15, -0.1) is 0 Å². The van der Waals surface area contributed by atoms with Gasteiger partial charge in [-0.25, -0.2) is 0 Å². The van der Waals surface area contributed by atoms with Crippen LogP contribution in [0.25, 0.3) is 0 Å². The van der Waals surface area contributed by atoms with Crippen molar-refractivity contribution in [2.45, 2.75) is 6.92 Å². The third-order valence-electron chi connectivity index (χ3n) is 2.67. The van der Waals surface area contributed by atoms with E-state index in [9.17, 15) is 4.79 Å². The summed E-state index contributed by atoms with van der Waals surface area (Å²) in [4.78, 5) is 12.0. The van der Waals surface area contributed by atoms with E-state index in [0.29, 0.717) is 18.8 Å². The maximum Gasteiger partial charge on any atom is 0.267 e. The van der Waals surface area contributed by atoms with Gasteiger partial charge in [0.05, 0.1) is 19.8 Å². The first-order valence-corrected chi connectivity index (χ1v) is 7.76. The molecule has 1 rings (SSSR count). The highest BCUT2D eigenvalue weighted by Gasteiger charge is 2.10. The Morgan fingerprint density at radius 1 is 1.50 bits per heavy atom. The van der Waals surface area contributed by atoms with Gasteiger partial charge in [-0.1, -0.05) is 0 Å². The molecule has 0 unspecified atom stereocenters. The summed E-state index contributed by atoms with van der Waals surface area (Å²) < 4.78 is 6.13. The van der Waals surface area contributed by atoms with E-state index in [4.69, 9.17) is 15.1 Å². The summed E-state index contributed by atoms with van der Waals surface area (Å²) in [6, 6.07) is 7.50. The van der Waals surface area contributed by atoms with Gasteiger partial charge in [-0.3, -0.25) is 4.79 Å². The molecule has 3 N–H and O–H groups in total. The lowest BCUT2D eigenvalue weighted by Crippen LogP contribution is -2.20. The molecule has 22 heavy (non-hydrogen) atoms. The standard InChI is InChI=1S/C15H18IN3O3/c1-11-8-13(16)2-3-14(11)19-15(21)12(9-17)10-18-4-6-22-7-5-20/h2-3,8,10,18,20H,4-7H2,1H3,(H,19,21)/b12-10-. The lowest BCUT2D eigenvalue weighted by Gasteiger charge is -2.08. The molecule has 118 valence electrons. The fourth-order valence-corrected chi connectivity index (χ4v) is 2.22. The zero-order valence-corrected chi connectivity index (χ0v) is 14.4. The molecule has 0 aliphatic heterocycles. The Kier molecular flexibility index (Phi) is 8.50. The van der Waals surface area contributed by atoms with Gasteiger partial charge in [-0.05, 0) is 53.3 Å². The molecule has 0 aliphatic carbocycles. The summed E-state index contributed by atoms with van der Waals surface area (Å²) in [5.41, 5.74) is 1.60. The SMILES string of the molecule is Cc1cc(I)ccc1NC(=O)/C(C#N)=C\NCCOCCO. The number of halogens is 1. The Morgan fingerprint density at radius 3 is 2.91 bits per heavy atom. The lowest BCUT2D eigenvalue weighted by molar-refractivity contribution is -0.112. The van der Waals surface area contributed by atoms with Crippen LogP contribution in [0.15, 0.2) is 30.0 Å². The van der Waals surface area contributed by atoms with Crippen molar-refractivity contribution >= 4 is 34.2 Å². The van der Waals surface area contributed by atoms with Gasteiger partial charge < -0.3 is 20.5 Å². The molecule has 1 aromatic carbocycles. The van der Waals surface area contributed by atoms with Crippen LogP contribution in [-0.2, 0) is 9.53 Å². The normalized spacial score (nSPS) is 10.9. The topological polar surface area (TPSA) is 94.4 Å². The average Bonchev–Trinajstić information content (AvgIpc) is 2.49. The van der Waals surface area contributed by atoms with Gasteiger partial charge in [0.15, 0.2) is 0 Å². The number of amides is 1. The second-order valence-electron chi connectivity index (χ2n) is 4.37. The van der Waals surface area contributed by atoms with Crippen LogP contribution in [0.3, 0.4) is 0 Å². The van der Waals surface area contributed by atoms with Crippen molar-refractivity contribution in [2.24, 2.45) is 0 Å². The fraction of sp³-hybridized carbons (Fsp3) is 0.333. The number of hydrogen-bond acceptors (Lipinski definition) is 5. The molecule has 0 aromatic heterocycles. The zero-order valence-electron chi connectivity index (χ0n) is 12.2. The zero-order chi connectivity index (χ0) is 16.4. The number of aryl methyl sites for hydroxylation is 1. The van der Waals surface area contributed by atoms with Crippen LogP contribution >= 0.6 is 22.6 Å². The number of aliphatic hydroxyl groups is 1. The van der Waals surface area contributed by atoms with Crippen molar-refractivity contribution in [1.29, 1.82) is 5.26 Å². The van der Waals surface area contributed by atoms with Crippen LogP contribution in [0.4, 0.5) is 5.69 Å². The van der Waals surface area contributed by atoms with Crippen molar-refractivity contribution in [1.82, 2.24) is 5.32 Å². The lowest BCUT2D eigenvalue weighted by atomic mass is 10.2. The van der Waals surface area contributed by atoms with Gasteiger partial charge in [0.1, 0.15) is 11.6 Å². The molecule has 0 atom stereocenters. The number of aliphatic hydroxyl groups excluding tert-OH is 1. The van der Waals surface area contributed by atoms with Crippen LogP contribution in [-0.4, -0.2) is 37.4 Å². The van der Waals surface area contributed by atoms with E-state index in [1.54, 1.807) is 6.07 Å². The molecule has 0 heterocycles. The molecule has 1 aromatic rings. The Balaban J connectivity index is 2.55. The maximum absolute atomic E-state index is 12.0. The summed E-state index contributed by atoms with van der Waals surface area (Å²) in [5.74, 6) is -0.462. The molecule has 0 fully saturated rings. The second-order valence-corrected chi connectivity index (χ2v) is 5.62. The highest BCUT2D eigenvalue weighted by Crippen LogP contribution is 2.18. The molecule has 0 radical (unpaired) electrons. The molecule has 0 saturated heterocycles. The fourth-order valence-electron chi connectivity index (χ4n) is 1.58. The molecule has 7 heteroatoms. The van der Waals surface area contributed by atoms with E-state index >= 15 is 0 Å². The number of benzene rings is 1. The molecular formula is C15H18IN3O3. The van der Waals surface area contributed by atoms with E-state index in [2.05, 4.69) is 33.2 Å². The molecule has 0 saturated carbocycles. The summed E-state index contributed by atoms with van der Waals surface area (Å²) in [5, 5.41) is 23.1. The highest BCUT2D eigenvalue weighted by molar-refractivity contribution is 14.1. The van der Waals surface area contributed by atoms with Crippen molar-refractivity contribution in [2.75, 3.05) is 31.7 Å². The Hall–Kier alpha value is -1.63. The van der Waals surface area contributed by atoms with Gasteiger partial charge in [0, 0.05) is 22.0 Å². The monoisotopic (exact) mass is 415 g/mol. The number of carbonyl (C=O) groups excluding carboxylic acids is 1. The third-order valence-corrected chi connectivity index (χ3v) is 3.35. The smallest absolute Gasteiger partial charge is 0.267 e. The van der Waals surface area contributed by atoms with Gasteiger partial charge >= 0.3 is 0 Å². The number of rotatable bonds is 8. The molecular weight excluding hydrogens is 397 g/mol. The first kappa shape index (κ1) is 18.4. The molecule has 0 aliphatic rings. The Morgan fingerprint density at radius 2 is 2.27 bits per heavy atom. The predicted molar refractivity (Wildman–Crippen MR) is 92.1 cm³/mol. The minimum atomic E-state index is -0.462. The Labute approximate surface area is 143 Å². The van der Waals surface area contributed by atoms with E-state index in [1.165, 1.54) is 6.20 Å². The van der Waals surface area contributed by atoms with Crippen molar-refractivity contribution < 1.29 is 14.6 Å². The van der Waals surface area contributed by atoms with Crippen LogP contribution in [0.1, 0.15) is 5.56 Å². The number of nitriles is 1. The maximum atomic E-state index is 12.0. The van der Waals surface area contributed by atoms with E-state index in [-0.39, 0.29) is 18.8 Å². The molecule has 0 spiro atoms. The van der Waals surface area contributed by atoms with Crippen molar-refractivity contribution in [3.8, 4) is 6.07 Å². The van der Waals surface area contributed by atoms with Gasteiger partial charge in [-0.2, -0.15) is 5.26 Å².